The van der Waals surface area contributed by atoms with Crippen LogP contribution in [0.15, 0.2) is 59.7 Å². The van der Waals surface area contributed by atoms with E-state index in [0.29, 0.717) is 30.1 Å². The van der Waals surface area contributed by atoms with Gasteiger partial charge >= 0.3 is 0 Å². The van der Waals surface area contributed by atoms with Crippen molar-refractivity contribution in [3.8, 4) is 11.6 Å². The maximum absolute atomic E-state index is 12.8. The van der Waals surface area contributed by atoms with Crippen LogP contribution in [0.3, 0.4) is 0 Å². The van der Waals surface area contributed by atoms with E-state index >= 15 is 0 Å². The Hall–Kier alpha value is -3.16. The van der Waals surface area contributed by atoms with Crippen molar-refractivity contribution in [1.29, 1.82) is 0 Å². The Kier molecular flexibility index (Phi) is 6.30. The highest BCUT2D eigenvalue weighted by Crippen LogP contribution is 2.24. The predicted octanol–water partition coefficient (Wildman–Crippen LogP) is 1.77. The lowest BCUT2D eigenvalue weighted by atomic mass is 9.98. The monoisotopic (exact) mass is 451 g/mol. The zero-order chi connectivity index (χ0) is 21.4. The fraction of sp³-hybridized carbons (Fsp3) is 0.292. The summed E-state index contributed by atoms with van der Waals surface area (Å²) in [6.45, 7) is 5.69. The first-order chi connectivity index (χ1) is 15.1. The number of aromatic nitrogens is 3. The molecule has 1 unspecified atom stereocenters. The molecule has 1 saturated heterocycles. The molecule has 2 aromatic heterocycles. The molecule has 1 aromatic carbocycles. The van der Waals surface area contributed by atoms with E-state index in [1.54, 1.807) is 18.5 Å². The third kappa shape index (κ3) is 4.26. The van der Waals surface area contributed by atoms with E-state index in [1.165, 1.54) is 10.6 Å². The molecule has 166 valence electrons. The molecule has 0 radical (unpaired) electrons. The topological polar surface area (TPSA) is 72.3 Å². The fourth-order valence-corrected chi connectivity index (χ4v) is 3.99. The smallest absolute Gasteiger partial charge is 0.260 e. The Bertz CT molecular complexity index is 1290. The third-order valence-corrected chi connectivity index (χ3v) is 5.74. The van der Waals surface area contributed by atoms with E-state index < -0.39 is 0 Å². The lowest BCUT2D eigenvalue weighted by Gasteiger charge is -2.19. The largest absolute Gasteiger partial charge is 0.489 e. The van der Waals surface area contributed by atoms with E-state index in [0.717, 1.165) is 34.9 Å². The minimum absolute atomic E-state index is 0. The summed E-state index contributed by atoms with van der Waals surface area (Å²) in [5.74, 6) is 1.42. The molecular formula is C24H26ClN5O2. The van der Waals surface area contributed by atoms with Crippen LogP contribution in [0.4, 0.5) is 0 Å². The molecule has 1 aliphatic heterocycles. The van der Waals surface area contributed by atoms with Gasteiger partial charge in [-0.25, -0.2) is 9.99 Å². The van der Waals surface area contributed by atoms with Gasteiger partial charge in [0.2, 0.25) is 0 Å². The number of ether oxygens (including phenoxy) is 1. The molecule has 3 heterocycles. The second kappa shape index (κ2) is 9.14. The van der Waals surface area contributed by atoms with Crippen LogP contribution >= 0.6 is 12.4 Å². The molecule has 3 aromatic rings. The molecule has 5 rings (SSSR count). The SMILES string of the molecule is CC(C)N1CC2CC=c3ncc(-n4ccc(OCc5ccccc5)cc4=O)nc3=C2N1.Cl. The Labute approximate surface area is 192 Å². The van der Waals surface area contributed by atoms with Gasteiger partial charge in [0.25, 0.3) is 5.56 Å². The third-order valence-electron chi connectivity index (χ3n) is 5.74. The molecule has 0 bridgehead atoms. The van der Waals surface area contributed by atoms with Gasteiger partial charge < -0.3 is 10.2 Å². The van der Waals surface area contributed by atoms with Gasteiger partial charge in [-0.2, -0.15) is 0 Å². The van der Waals surface area contributed by atoms with E-state index in [2.05, 4.69) is 35.3 Å². The number of rotatable bonds is 5. The molecular weight excluding hydrogens is 426 g/mol. The Morgan fingerprint density at radius 2 is 2.03 bits per heavy atom. The van der Waals surface area contributed by atoms with Gasteiger partial charge in [-0.05, 0) is 31.9 Å². The van der Waals surface area contributed by atoms with Crippen molar-refractivity contribution in [2.45, 2.75) is 32.9 Å². The Morgan fingerprint density at radius 3 is 2.78 bits per heavy atom. The van der Waals surface area contributed by atoms with Gasteiger partial charge in [-0.1, -0.05) is 36.4 Å². The van der Waals surface area contributed by atoms with Crippen molar-refractivity contribution in [3.05, 3.63) is 81.5 Å². The van der Waals surface area contributed by atoms with Crippen molar-refractivity contribution < 1.29 is 4.74 Å². The van der Waals surface area contributed by atoms with Crippen LogP contribution in [0.2, 0.25) is 0 Å². The van der Waals surface area contributed by atoms with Crippen molar-refractivity contribution in [1.82, 2.24) is 25.0 Å². The highest BCUT2D eigenvalue weighted by Gasteiger charge is 2.31. The lowest BCUT2D eigenvalue weighted by molar-refractivity contribution is 0.205. The number of hydrazine groups is 1. The summed E-state index contributed by atoms with van der Waals surface area (Å²) in [6.07, 6.45) is 6.42. The number of benzene rings is 1. The zero-order valence-corrected chi connectivity index (χ0v) is 18.9. The number of fused-ring (bicyclic) bond motifs is 2. The predicted molar refractivity (Wildman–Crippen MR) is 126 cm³/mol. The molecule has 1 atom stereocenters. The lowest BCUT2D eigenvalue weighted by Crippen LogP contribution is -2.42. The fourth-order valence-electron chi connectivity index (χ4n) is 3.99. The first-order valence-corrected chi connectivity index (χ1v) is 10.6. The van der Waals surface area contributed by atoms with Crippen LogP contribution in [0, 0.1) is 5.92 Å². The van der Waals surface area contributed by atoms with Gasteiger partial charge in [0.05, 0.1) is 17.2 Å². The second-order valence-electron chi connectivity index (χ2n) is 8.22. The number of nitrogens with one attached hydrogen (secondary N) is 1. The summed E-state index contributed by atoms with van der Waals surface area (Å²) in [5.41, 5.74) is 5.44. The van der Waals surface area contributed by atoms with Crippen molar-refractivity contribution >= 4 is 24.2 Å². The maximum Gasteiger partial charge on any atom is 0.260 e. The van der Waals surface area contributed by atoms with Gasteiger partial charge in [0.1, 0.15) is 17.7 Å². The normalized spacial score (nSPS) is 17.1. The van der Waals surface area contributed by atoms with Crippen molar-refractivity contribution in [3.63, 3.8) is 0 Å². The average molecular weight is 452 g/mol. The van der Waals surface area contributed by atoms with Gasteiger partial charge in [0, 0.05) is 30.8 Å². The van der Waals surface area contributed by atoms with Crippen LogP contribution in [-0.2, 0) is 6.61 Å². The summed E-state index contributed by atoms with van der Waals surface area (Å²) in [4.78, 5) is 22.1. The zero-order valence-electron chi connectivity index (χ0n) is 18.1. The maximum atomic E-state index is 12.8. The summed E-state index contributed by atoms with van der Waals surface area (Å²) in [6, 6.07) is 13.5. The number of nitrogens with zero attached hydrogens (tertiary/aromatic N) is 4. The van der Waals surface area contributed by atoms with Gasteiger partial charge in [-0.3, -0.25) is 14.3 Å². The summed E-state index contributed by atoms with van der Waals surface area (Å²) < 4.78 is 7.27. The number of halogens is 1. The Balaban J connectivity index is 0.00000245. The first-order valence-electron chi connectivity index (χ1n) is 10.6. The molecule has 1 N–H and O–H groups in total. The molecule has 7 nitrogen and oxygen atoms in total. The summed E-state index contributed by atoms with van der Waals surface area (Å²) >= 11 is 0. The highest BCUT2D eigenvalue weighted by molar-refractivity contribution is 5.85. The molecule has 1 fully saturated rings. The van der Waals surface area contributed by atoms with E-state index in [1.807, 2.05) is 30.3 Å². The minimum atomic E-state index is -0.204. The first kappa shape index (κ1) is 22.0. The van der Waals surface area contributed by atoms with Crippen LogP contribution in [0.1, 0.15) is 25.8 Å². The van der Waals surface area contributed by atoms with E-state index in [-0.39, 0.29) is 18.0 Å². The van der Waals surface area contributed by atoms with Crippen LogP contribution < -0.4 is 26.4 Å². The summed E-state index contributed by atoms with van der Waals surface area (Å²) in [7, 11) is 0. The van der Waals surface area contributed by atoms with Crippen LogP contribution in [0.25, 0.3) is 17.6 Å². The van der Waals surface area contributed by atoms with Gasteiger partial charge in [0.15, 0.2) is 5.82 Å². The molecule has 32 heavy (non-hydrogen) atoms. The van der Waals surface area contributed by atoms with Crippen molar-refractivity contribution in [2.75, 3.05) is 6.54 Å². The van der Waals surface area contributed by atoms with E-state index in [4.69, 9.17) is 9.72 Å². The molecule has 1 aliphatic carbocycles. The average Bonchev–Trinajstić information content (AvgIpc) is 3.24. The molecule has 0 amide bonds. The number of pyridine rings is 1. The number of hydrogen-bond donors (Lipinski definition) is 1. The minimum Gasteiger partial charge on any atom is -0.489 e. The summed E-state index contributed by atoms with van der Waals surface area (Å²) in [5, 5.41) is 3.92. The standard InChI is InChI=1S/C24H25N5O2.ClH/c1-16(2)29-14-18-8-9-20-24(23(18)27-29)26-21(13-25-20)28-11-10-19(12-22(28)30)31-15-17-6-4-3-5-7-17;/h3-7,9-13,16,18,27H,8,14-15H2,1-2H3;1H. The number of hydrogen-bond acceptors (Lipinski definition) is 6. The van der Waals surface area contributed by atoms with Crippen LogP contribution in [-0.4, -0.2) is 32.1 Å². The molecule has 2 aliphatic rings. The molecule has 0 saturated carbocycles. The molecule has 8 heteroatoms. The second-order valence-corrected chi connectivity index (χ2v) is 8.22. The van der Waals surface area contributed by atoms with Crippen molar-refractivity contribution in [2.24, 2.45) is 5.92 Å². The molecule has 0 spiro atoms. The quantitative estimate of drug-likeness (QED) is 0.637. The van der Waals surface area contributed by atoms with E-state index in [9.17, 15) is 4.79 Å². The van der Waals surface area contributed by atoms with Gasteiger partial charge in [-0.15, -0.1) is 12.4 Å². The Morgan fingerprint density at radius 1 is 1.22 bits per heavy atom. The van der Waals surface area contributed by atoms with Crippen LogP contribution in [0.5, 0.6) is 5.75 Å². The highest BCUT2D eigenvalue weighted by atomic mass is 35.5.